The van der Waals surface area contributed by atoms with E-state index in [1.54, 1.807) is 11.9 Å². The van der Waals surface area contributed by atoms with Crippen molar-refractivity contribution >= 4 is 47.0 Å². The van der Waals surface area contributed by atoms with Crippen LogP contribution in [-0.4, -0.2) is 51.6 Å². The topological polar surface area (TPSA) is 31.0 Å². The predicted octanol–water partition coefficient (Wildman–Crippen LogP) is 4.64. The number of allylic oxidation sites excluding steroid dienone is 2. The third kappa shape index (κ3) is 3.17. The summed E-state index contributed by atoms with van der Waals surface area (Å²) in [5.74, 6) is 2.10. The predicted molar refractivity (Wildman–Crippen MR) is 115 cm³/mol. The molecule has 1 aromatic carbocycles. The lowest BCUT2D eigenvalue weighted by molar-refractivity contribution is -0.471. The maximum atomic E-state index is 6.05. The Hall–Kier alpha value is -1.85. The molecule has 138 valence electrons. The smallest absolute Gasteiger partial charge is 0.205 e. The van der Waals surface area contributed by atoms with Gasteiger partial charge < -0.3 is 4.90 Å². The van der Waals surface area contributed by atoms with Crippen LogP contribution in [0.25, 0.3) is 0 Å². The van der Waals surface area contributed by atoms with E-state index in [1.165, 1.54) is 16.8 Å². The molecule has 0 N–H and O–H groups in total. The van der Waals surface area contributed by atoms with E-state index in [1.807, 2.05) is 18.3 Å². The zero-order valence-corrected chi connectivity index (χ0v) is 16.9. The zero-order valence-electron chi connectivity index (χ0n) is 15.3. The molecule has 0 aliphatic carbocycles. The van der Waals surface area contributed by atoms with Gasteiger partial charge in [-0.15, -0.1) is 0 Å². The van der Waals surface area contributed by atoms with E-state index in [4.69, 9.17) is 21.0 Å². The number of amidine groups is 1. The van der Waals surface area contributed by atoms with Gasteiger partial charge in [0.1, 0.15) is 11.8 Å². The first kappa shape index (κ1) is 17.3. The van der Waals surface area contributed by atoms with E-state index in [-0.39, 0.29) is 0 Å². The fourth-order valence-electron chi connectivity index (χ4n) is 4.33. The van der Waals surface area contributed by atoms with Crippen molar-refractivity contribution in [3.63, 3.8) is 0 Å². The second kappa shape index (κ2) is 6.95. The van der Waals surface area contributed by atoms with Crippen LogP contribution in [0.1, 0.15) is 26.2 Å². The highest BCUT2D eigenvalue weighted by Crippen LogP contribution is 2.33. The van der Waals surface area contributed by atoms with Gasteiger partial charge in [0.05, 0.1) is 6.54 Å². The number of likely N-dealkylation sites (tertiary alicyclic amines) is 1. The largest absolute Gasteiger partial charge is 0.335 e. The summed E-state index contributed by atoms with van der Waals surface area (Å²) in [5.41, 5.74) is 4.94. The molecule has 0 amide bonds. The van der Waals surface area contributed by atoms with Crippen molar-refractivity contribution in [1.29, 1.82) is 0 Å². The Morgan fingerprint density at radius 2 is 2.11 bits per heavy atom. The van der Waals surface area contributed by atoms with E-state index in [0.29, 0.717) is 12.1 Å². The summed E-state index contributed by atoms with van der Waals surface area (Å²) >= 11 is 7.71. The standard InChI is InChI=1S/C21H22ClN4S/c1-14-9-15-3-2-8-27-24-20(15)21(23-11-14)26-13-18-10-19(26)12-25(18)17-6-4-16(22)5-7-17/h3-7,11-12,18-19H,2,8-10,13H2,1H3/q+1. The molecule has 2 atom stereocenters. The molecule has 2 unspecified atom stereocenters. The Labute approximate surface area is 169 Å². The molecule has 5 rings (SSSR count). The van der Waals surface area contributed by atoms with E-state index in [0.717, 1.165) is 48.1 Å². The molecule has 1 aromatic rings. The number of hydrogen-bond donors (Lipinski definition) is 0. The first-order valence-corrected chi connectivity index (χ1v) is 10.8. The molecule has 4 aliphatic rings. The maximum Gasteiger partial charge on any atom is 0.205 e. The lowest BCUT2D eigenvalue weighted by Crippen LogP contribution is -2.45. The molecule has 0 spiro atoms. The van der Waals surface area contributed by atoms with Gasteiger partial charge >= 0.3 is 0 Å². The monoisotopic (exact) mass is 397 g/mol. The fourth-order valence-corrected chi connectivity index (χ4v) is 5.10. The molecule has 0 aromatic heterocycles. The number of rotatable bonds is 1. The summed E-state index contributed by atoms with van der Waals surface area (Å²) in [7, 11) is 0. The minimum atomic E-state index is 0.369. The number of aliphatic imine (C=N–C) groups is 1. The van der Waals surface area contributed by atoms with E-state index < -0.39 is 0 Å². The number of hydrogen-bond acceptors (Lipinski definition) is 4. The minimum Gasteiger partial charge on any atom is -0.335 e. The lowest BCUT2D eigenvalue weighted by Gasteiger charge is -2.26. The van der Waals surface area contributed by atoms with Crippen molar-refractivity contribution in [3.8, 4) is 0 Å². The summed E-state index contributed by atoms with van der Waals surface area (Å²) in [5, 5.41) is 0.780. The van der Waals surface area contributed by atoms with Gasteiger partial charge in [0.15, 0.2) is 18.1 Å². The molecule has 1 fully saturated rings. The summed E-state index contributed by atoms with van der Waals surface area (Å²) in [6.45, 7) is 3.14. The molecular weight excluding hydrogens is 376 g/mol. The summed E-state index contributed by atoms with van der Waals surface area (Å²) in [6.07, 6.45) is 9.89. The third-order valence-corrected chi connectivity index (χ3v) is 6.57. The van der Waals surface area contributed by atoms with Crippen LogP contribution in [0.5, 0.6) is 0 Å². The van der Waals surface area contributed by atoms with Crippen LogP contribution in [0, 0.1) is 0 Å². The molecule has 27 heavy (non-hydrogen) atoms. The average Bonchev–Trinajstić information content (AvgIpc) is 3.13. The van der Waals surface area contributed by atoms with Crippen LogP contribution >= 0.6 is 23.5 Å². The summed E-state index contributed by atoms with van der Waals surface area (Å²) < 4.78 is 7.25. The third-order valence-electron chi connectivity index (χ3n) is 5.59. The molecule has 2 bridgehead atoms. The van der Waals surface area contributed by atoms with Crippen molar-refractivity contribution < 1.29 is 4.58 Å². The highest BCUT2D eigenvalue weighted by Gasteiger charge is 2.48. The number of benzene rings is 1. The molecule has 1 saturated heterocycles. The van der Waals surface area contributed by atoms with Gasteiger partial charge in [-0.3, -0.25) is 0 Å². The Morgan fingerprint density at radius 3 is 2.89 bits per heavy atom. The van der Waals surface area contributed by atoms with Crippen molar-refractivity contribution in [2.45, 2.75) is 38.3 Å². The second-order valence-electron chi connectivity index (χ2n) is 7.54. The summed E-state index contributed by atoms with van der Waals surface area (Å²) in [6, 6.07) is 8.97. The first-order valence-electron chi connectivity index (χ1n) is 9.48. The molecule has 6 heteroatoms. The highest BCUT2D eigenvalue weighted by atomic mass is 35.5. The van der Waals surface area contributed by atoms with Gasteiger partial charge in [0, 0.05) is 35.5 Å². The highest BCUT2D eigenvalue weighted by molar-refractivity contribution is 7.98. The number of halogens is 1. The van der Waals surface area contributed by atoms with E-state index in [9.17, 15) is 0 Å². The van der Waals surface area contributed by atoms with Crippen molar-refractivity contribution in [2.24, 2.45) is 9.39 Å². The van der Waals surface area contributed by atoms with Gasteiger partial charge in [0.2, 0.25) is 5.69 Å². The first-order chi connectivity index (χ1) is 13.2. The van der Waals surface area contributed by atoms with Crippen molar-refractivity contribution in [3.05, 3.63) is 52.7 Å². The van der Waals surface area contributed by atoms with E-state index in [2.05, 4.69) is 40.8 Å². The van der Waals surface area contributed by atoms with Crippen molar-refractivity contribution in [1.82, 2.24) is 4.90 Å². The maximum absolute atomic E-state index is 6.05. The van der Waals surface area contributed by atoms with Gasteiger partial charge in [-0.05, 0) is 49.4 Å². The summed E-state index contributed by atoms with van der Waals surface area (Å²) in [4.78, 5) is 7.33. The molecule has 4 nitrogen and oxygen atoms in total. The van der Waals surface area contributed by atoms with Crippen LogP contribution in [-0.2, 0) is 0 Å². The van der Waals surface area contributed by atoms with Gasteiger partial charge in [0.25, 0.3) is 0 Å². The van der Waals surface area contributed by atoms with Gasteiger partial charge in [-0.2, -0.15) is 4.58 Å². The van der Waals surface area contributed by atoms with Crippen LogP contribution in [0.4, 0.5) is 5.69 Å². The minimum absolute atomic E-state index is 0.369. The van der Waals surface area contributed by atoms with Gasteiger partial charge in [-0.25, -0.2) is 9.39 Å². The Morgan fingerprint density at radius 1 is 1.26 bits per heavy atom. The van der Waals surface area contributed by atoms with E-state index >= 15 is 0 Å². The normalized spacial score (nSPS) is 27.0. The molecule has 4 aliphatic heterocycles. The molecular formula is C21H22ClN4S+. The molecule has 0 radical (unpaired) electrons. The SMILES string of the molecule is CC1=CN=C(N2CC3CC2C=[N+]3c2ccc(Cl)cc2)C2=NSCCC=C2C1. The zero-order chi connectivity index (χ0) is 18.4. The van der Waals surface area contributed by atoms with Crippen LogP contribution in [0.2, 0.25) is 5.02 Å². The Balaban J connectivity index is 1.47. The Bertz CT molecular complexity index is 926. The lowest BCUT2D eigenvalue weighted by atomic mass is 10.0. The van der Waals surface area contributed by atoms with Crippen molar-refractivity contribution in [2.75, 3.05) is 12.3 Å². The van der Waals surface area contributed by atoms with Crippen LogP contribution in [0.15, 0.2) is 57.1 Å². The average molecular weight is 398 g/mol. The second-order valence-corrected chi connectivity index (χ2v) is 8.82. The fraction of sp³-hybridized carbons (Fsp3) is 0.381. The van der Waals surface area contributed by atoms with Crippen LogP contribution in [0.3, 0.4) is 0 Å². The molecule has 0 saturated carbocycles. The Kier molecular flexibility index (Phi) is 4.44. The molecule has 4 heterocycles. The number of nitrogens with zero attached hydrogens (tertiary/aromatic N) is 4. The van der Waals surface area contributed by atoms with Gasteiger partial charge in [-0.1, -0.05) is 23.3 Å². The number of fused-ring (bicyclic) bond motifs is 3. The van der Waals surface area contributed by atoms with Crippen LogP contribution < -0.4 is 0 Å². The quantitative estimate of drug-likeness (QED) is 0.510.